The summed E-state index contributed by atoms with van der Waals surface area (Å²) in [6, 6.07) is 14.6. The van der Waals surface area contributed by atoms with Gasteiger partial charge in [0.15, 0.2) is 0 Å². The number of nitrogens with zero attached hydrogens (tertiary/aromatic N) is 4. The smallest absolute Gasteiger partial charge is 0.128 e. The van der Waals surface area contributed by atoms with Gasteiger partial charge < -0.3 is 9.80 Å². The molecule has 1 aromatic carbocycles. The lowest BCUT2D eigenvalue weighted by molar-refractivity contribution is 0.328. The molecule has 0 radical (unpaired) electrons. The van der Waals surface area contributed by atoms with Gasteiger partial charge in [0.1, 0.15) is 5.82 Å². The highest BCUT2D eigenvalue weighted by molar-refractivity contribution is 5.63. The van der Waals surface area contributed by atoms with Crippen LogP contribution in [0.1, 0.15) is 24.5 Å². The molecule has 3 rings (SSSR count). The number of rotatable bonds is 8. The molecule has 0 spiro atoms. The van der Waals surface area contributed by atoms with Crippen molar-refractivity contribution in [3.8, 4) is 11.3 Å². The van der Waals surface area contributed by atoms with E-state index in [0.29, 0.717) is 0 Å². The van der Waals surface area contributed by atoms with Gasteiger partial charge in [0.2, 0.25) is 0 Å². The second kappa shape index (κ2) is 8.63. The molecule has 26 heavy (non-hydrogen) atoms. The summed E-state index contributed by atoms with van der Waals surface area (Å²) in [6.07, 6.45) is 5.04. The van der Waals surface area contributed by atoms with E-state index in [1.807, 2.05) is 18.5 Å². The average Bonchev–Trinajstić information content (AvgIpc) is 3.11. The molecule has 0 amide bonds. The minimum absolute atomic E-state index is 0.836. The first kappa shape index (κ1) is 18.1. The van der Waals surface area contributed by atoms with Gasteiger partial charge in [-0.3, -0.25) is 5.10 Å². The highest BCUT2D eigenvalue weighted by atomic mass is 15.2. The lowest BCUT2D eigenvalue weighted by Gasteiger charge is -2.18. The van der Waals surface area contributed by atoms with Crippen molar-refractivity contribution in [3.63, 3.8) is 0 Å². The van der Waals surface area contributed by atoms with Gasteiger partial charge >= 0.3 is 0 Å². The van der Waals surface area contributed by atoms with Crippen molar-refractivity contribution >= 4 is 5.82 Å². The Balaban J connectivity index is 1.71. The van der Waals surface area contributed by atoms with E-state index in [9.17, 15) is 0 Å². The minimum atomic E-state index is 0.836. The Morgan fingerprint density at radius 2 is 1.81 bits per heavy atom. The van der Waals surface area contributed by atoms with Gasteiger partial charge in [0.05, 0.1) is 5.69 Å². The summed E-state index contributed by atoms with van der Waals surface area (Å²) >= 11 is 0. The fraction of sp³-hybridized carbons (Fsp3) is 0.333. The number of pyridine rings is 1. The molecule has 0 bridgehead atoms. The average molecular weight is 349 g/mol. The highest BCUT2D eigenvalue weighted by Gasteiger charge is 2.12. The molecular formula is C21H27N5. The van der Waals surface area contributed by atoms with E-state index in [0.717, 1.165) is 43.1 Å². The summed E-state index contributed by atoms with van der Waals surface area (Å²) in [6.45, 7) is 4.99. The maximum atomic E-state index is 4.65. The van der Waals surface area contributed by atoms with Crippen LogP contribution in [0.2, 0.25) is 0 Å². The Hall–Kier alpha value is -2.66. The molecule has 5 nitrogen and oxygen atoms in total. The summed E-state index contributed by atoms with van der Waals surface area (Å²) in [5, 5.41) is 7.44. The predicted molar refractivity (Wildman–Crippen MR) is 107 cm³/mol. The van der Waals surface area contributed by atoms with Gasteiger partial charge in [0, 0.05) is 43.7 Å². The zero-order valence-corrected chi connectivity index (χ0v) is 15.8. The third-order valence-electron chi connectivity index (χ3n) is 4.44. The third kappa shape index (κ3) is 4.49. The Bertz CT molecular complexity index is 795. The molecule has 136 valence electrons. The maximum absolute atomic E-state index is 4.65. The van der Waals surface area contributed by atoms with Crippen LogP contribution in [0.3, 0.4) is 0 Å². The zero-order chi connectivity index (χ0) is 18.4. The van der Waals surface area contributed by atoms with Crippen molar-refractivity contribution < 1.29 is 0 Å². The second-order valence-corrected chi connectivity index (χ2v) is 6.74. The number of nitrogens with one attached hydrogen (secondary N) is 1. The molecule has 0 saturated carbocycles. The molecule has 2 heterocycles. The first-order valence-corrected chi connectivity index (χ1v) is 9.10. The molecule has 0 fully saturated rings. The molecule has 0 aliphatic rings. The highest BCUT2D eigenvalue weighted by Crippen LogP contribution is 2.23. The summed E-state index contributed by atoms with van der Waals surface area (Å²) in [5.74, 6) is 0.956. The number of hydrogen-bond donors (Lipinski definition) is 1. The van der Waals surface area contributed by atoms with Crippen molar-refractivity contribution in [1.29, 1.82) is 0 Å². The van der Waals surface area contributed by atoms with E-state index in [4.69, 9.17) is 0 Å². The van der Waals surface area contributed by atoms with Crippen LogP contribution in [0.15, 0.2) is 54.9 Å². The first-order valence-electron chi connectivity index (χ1n) is 9.10. The Morgan fingerprint density at radius 3 is 2.50 bits per heavy atom. The van der Waals surface area contributed by atoms with Crippen LogP contribution in [0.25, 0.3) is 11.3 Å². The van der Waals surface area contributed by atoms with E-state index in [1.165, 1.54) is 11.1 Å². The van der Waals surface area contributed by atoms with Crippen LogP contribution < -0.4 is 4.90 Å². The van der Waals surface area contributed by atoms with Gasteiger partial charge in [-0.25, -0.2) is 4.98 Å². The van der Waals surface area contributed by atoms with Crippen molar-refractivity contribution in [3.05, 3.63) is 66.0 Å². The van der Waals surface area contributed by atoms with E-state index >= 15 is 0 Å². The van der Waals surface area contributed by atoms with Gasteiger partial charge in [-0.1, -0.05) is 37.3 Å². The Kier molecular flexibility index (Phi) is 6.02. The van der Waals surface area contributed by atoms with Crippen LogP contribution in [0, 0.1) is 0 Å². The van der Waals surface area contributed by atoms with Gasteiger partial charge in [-0.15, -0.1) is 0 Å². The van der Waals surface area contributed by atoms with E-state index < -0.39 is 0 Å². The van der Waals surface area contributed by atoms with Gasteiger partial charge in [0.25, 0.3) is 0 Å². The Morgan fingerprint density at radius 1 is 1.00 bits per heavy atom. The third-order valence-corrected chi connectivity index (χ3v) is 4.44. The summed E-state index contributed by atoms with van der Waals surface area (Å²) in [4.78, 5) is 9.11. The minimum Gasteiger partial charge on any atom is -0.355 e. The van der Waals surface area contributed by atoms with E-state index in [-0.39, 0.29) is 0 Å². The molecule has 0 unspecified atom stereocenters. The van der Waals surface area contributed by atoms with Crippen LogP contribution >= 0.6 is 0 Å². The van der Waals surface area contributed by atoms with Crippen molar-refractivity contribution in [2.45, 2.75) is 26.4 Å². The number of H-pyrrole nitrogens is 1. The number of anilines is 1. The normalized spacial score (nSPS) is 11.1. The number of aromatic nitrogens is 3. The van der Waals surface area contributed by atoms with Gasteiger partial charge in [-0.05, 0) is 37.7 Å². The molecule has 0 atom stereocenters. The molecular weight excluding hydrogens is 322 g/mol. The number of benzene rings is 1. The van der Waals surface area contributed by atoms with Crippen LogP contribution in [-0.2, 0) is 13.1 Å². The largest absolute Gasteiger partial charge is 0.355 e. The number of hydrogen-bond acceptors (Lipinski definition) is 4. The molecule has 3 aromatic rings. The lowest BCUT2D eigenvalue weighted by atomic mass is 10.1. The van der Waals surface area contributed by atoms with Crippen LogP contribution in [-0.4, -0.2) is 40.7 Å². The zero-order valence-electron chi connectivity index (χ0n) is 15.8. The van der Waals surface area contributed by atoms with Gasteiger partial charge in [-0.2, -0.15) is 5.10 Å². The van der Waals surface area contributed by atoms with E-state index in [1.54, 1.807) is 0 Å². The first-order chi connectivity index (χ1) is 12.7. The summed E-state index contributed by atoms with van der Waals surface area (Å²) in [5.41, 5.74) is 4.50. The molecule has 0 saturated heterocycles. The SMILES string of the molecule is CCCN(C)Cc1c[nH]nc1-c1ccc(N(C)Cc2ccccc2)nc1. The second-order valence-electron chi connectivity index (χ2n) is 6.74. The summed E-state index contributed by atoms with van der Waals surface area (Å²) in [7, 11) is 4.20. The van der Waals surface area contributed by atoms with Crippen LogP contribution in [0.5, 0.6) is 0 Å². The fourth-order valence-corrected chi connectivity index (χ4v) is 3.13. The molecule has 0 aliphatic heterocycles. The quantitative estimate of drug-likeness (QED) is 0.669. The van der Waals surface area contributed by atoms with E-state index in [2.05, 4.69) is 82.4 Å². The standard InChI is InChI=1S/C21H27N5/c1-4-12-25(2)16-19-14-23-24-21(19)18-10-11-20(22-13-18)26(3)15-17-8-6-5-7-9-17/h5-11,13-14H,4,12,15-16H2,1-3H3,(H,23,24). The van der Waals surface area contributed by atoms with Crippen molar-refractivity contribution in [2.75, 3.05) is 25.5 Å². The topological polar surface area (TPSA) is 48.1 Å². The monoisotopic (exact) mass is 349 g/mol. The van der Waals surface area contributed by atoms with Crippen molar-refractivity contribution in [1.82, 2.24) is 20.1 Å². The maximum Gasteiger partial charge on any atom is 0.128 e. The van der Waals surface area contributed by atoms with Crippen molar-refractivity contribution in [2.24, 2.45) is 0 Å². The molecule has 2 aromatic heterocycles. The number of aromatic amines is 1. The molecule has 1 N–H and O–H groups in total. The predicted octanol–water partition coefficient (Wildman–Crippen LogP) is 3.95. The Labute approximate surface area is 155 Å². The summed E-state index contributed by atoms with van der Waals surface area (Å²) < 4.78 is 0. The lowest BCUT2D eigenvalue weighted by Crippen LogP contribution is -2.18. The van der Waals surface area contributed by atoms with Crippen LogP contribution in [0.4, 0.5) is 5.82 Å². The molecule has 0 aliphatic carbocycles. The fourth-order valence-electron chi connectivity index (χ4n) is 3.13. The molecule has 5 heteroatoms.